The Morgan fingerprint density at radius 2 is 1.96 bits per heavy atom. The van der Waals surface area contributed by atoms with Crippen molar-refractivity contribution >= 4 is 34.8 Å². The minimum atomic E-state index is -0.186. The summed E-state index contributed by atoms with van der Waals surface area (Å²) in [4.78, 5) is 24.2. The lowest BCUT2D eigenvalue weighted by atomic mass is 10.2. The largest absolute Gasteiger partial charge is 0.376 e. The molecule has 130 valence electrons. The Bertz CT molecular complexity index is 803. The van der Waals surface area contributed by atoms with Crippen LogP contribution in [0.1, 0.15) is 28.8 Å². The molecule has 0 aromatic heterocycles. The van der Waals surface area contributed by atoms with Crippen LogP contribution < -0.4 is 16.0 Å². The molecule has 1 saturated carbocycles. The molecular formula is C19H20ClN3O2. The van der Waals surface area contributed by atoms with Gasteiger partial charge in [-0.3, -0.25) is 9.59 Å². The fraction of sp³-hybridized carbons (Fsp3) is 0.263. The zero-order valence-electron chi connectivity index (χ0n) is 13.9. The lowest BCUT2D eigenvalue weighted by molar-refractivity contribution is -0.114. The highest BCUT2D eigenvalue weighted by Gasteiger charge is 2.23. The number of amides is 2. The first-order valence-electron chi connectivity index (χ1n) is 8.22. The van der Waals surface area contributed by atoms with Crippen LogP contribution >= 0.6 is 11.6 Å². The number of hydrogen-bond acceptors (Lipinski definition) is 3. The molecule has 0 spiro atoms. The Morgan fingerprint density at radius 3 is 2.68 bits per heavy atom. The maximum absolute atomic E-state index is 12.1. The predicted molar refractivity (Wildman–Crippen MR) is 100 cm³/mol. The van der Waals surface area contributed by atoms with Crippen LogP contribution in [0.2, 0.25) is 5.02 Å². The molecule has 25 heavy (non-hydrogen) atoms. The summed E-state index contributed by atoms with van der Waals surface area (Å²) in [7, 11) is 0. The van der Waals surface area contributed by atoms with Crippen LogP contribution in [0.5, 0.6) is 0 Å². The monoisotopic (exact) mass is 357 g/mol. The number of nitrogens with one attached hydrogen (secondary N) is 3. The van der Waals surface area contributed by atoms with E-state index in [0.717, 1.165) is 24.1 Å². The number of carbonyl (C=O) groups excluding carboxylic acids is 2. The third-order valence-corrected chi connectivity index (χ3v) is 4.18. The number of hydrogen-bond donors (Lipinski definition) is 3. The molecule has 0 atom stereocenters. The molecule has 6 heteroatoms. The Hall–Kier alpha value is -2.53. The van der Waals surface area contributed by atoms with E-state index in [2.05, 4.69) is 16.0 Å². The molecule has 0 radical (unpaired) electrons. The molecule has 3 N–H and O–H groups in total. The van der Waals surface area contributed by atoms with E-state index in [-0.39, 0.29) is 18.4 Å². The van der Waals surface area contributed by atoms with E-state index >= 15 is 0 Å². The number of halogens is 1. The van der Waals surface area contributed by atoms with Crippen molar-refractivity contribution in [3.05, 3.63) is 58.6 Å². The topological polar surface area (TPSA) is 70.2 Å². The van der Waals surface area contributed by atoms with Crippen molar-refractivity contribution in [1.29, 1.82) is 0 Å². The first-order chi connectivity index (χ1) is 12.0. The quantitative estimate of drug-likeness (QED) is 0.740. The highest BCUT2D eigenvalue weighted by atomic mass is 35.5. The first-order valence-corrected chi connectivity index (χ1v) is 8.60. The van der Waals surface area contributed by atoms with Gasteiger partial charge in [0.2, 0.25) is 5.91 Å². The Labute approximate surface area is 151 Å². The van der Waals surface area contributed by atoms with Crippen LogP contribution in [0.3, 0.4) is 0 Å². The number of aryl methyl sites for hydroxylation is 1. The summed E-state index contributed by atoms with van der Waals surface area (Å²) in [5, 5.41) is 9.48. The second kappa shape index (κ2) is 7.57. The molecule has 1 aliphatic carbocycles. The molecule has 0 unspecified atom stereocenters. The summed E-state index contributed by atoms with van der Waals surface area (Å²) in [5.41, 5.74) is 2.98. The van der Waals surface area contributed by atoms with Gasteiger partial charge in [-0.25, -0.2) is 0 Å². The summed E-state index contributed by atoms with van der Waals surface area (Å²) < 4.78 is 0. The van der Waals surface area contributed by atoms with Gasteiger partial charge in [0, 0.05) is 28.0 Å². The van der Waals surface area contributed by atoms with E-state index in [4.69, 9.17) is 11.6 Å². The standard InChI is InChI=1S/C19H20ClN3O2/c1-12-9-14(20)5-8-17(12)21-11-18(24)22-16-4-2-3-13(10-16)19(25)23-15-6-7-15/h2-5,8-10,15,21H,6-7,11H2,1H3,(H,22,24)(H,23,25). The van der Waals surface area contributed by atoms with Crippen molar-refractivity contribution in [2.75, 3.05) is 17.2 Å². The highest BCUT2D eigenvalue weighted by Crippen LogP contribution is 2.21. The van der Waals surface area contributed by atoms with Crippen molar-refractivity contribution in [1.82, 2.24) is 5.32 Å². The van der Waals surface area contributed by atoms with Crippen LogP contribution in [-0.4, -0.2) is 24.4 Å². The van der Waals surface area contributed by atoms with Crippen LogP contribution in [-0.2, 0) is 4.79 Å². The predicted octanol–water partition coefficient (Wildman–Crippen LogP) is 3.59. The van der Waals surface area contributed by atoms with Gasteiger partial charge in [-0.2, -0.15) is 0 Å². The summed E-state index contributed by atoms with van der Waals surface area (Å²) in [6.07, 6.45) is 2.08. The lowest BCUT2D eigenvalue weighted by Crippen LogP contribution is -2.26. The van der Waals surface area contributed by atoms with Crippen LogP contribution in [0.15, 0.2) is 42.5 Å². The molecule has 3 rings (SSSR count). The van der Waals surface area contributed by atoms with Crippen molar-refractivity contribution < 1.29 is 9.59 Å². The molecule has 0 heterocycles. The van der Waals surface area contributed by atoms with Gasteiger partial charge < -0.3 is 16.0 Å². The minimum Gasteiger partial charge on any atom is -0.376 e. The second-order valence-corrected chi connectivity index (χ2v) is 6.63. The SMILES string of the molecule is Cc1cc(Cl)ccc1NCC(=O)Nc1cccc(C(=O)NC2CC2)c1. The molecular weight excluding hydrogens is 338 g/mol. The normalized spacial score (nSPS) is 13.2. The van der Waals surface area contributed by atoms with Crippen molar-refractivity contribution in [3.8, 4) is 0 Å². The number of rotatable bonds is 6. The molecule has 0 bridgehead atoms. The van der Waals surface area contributed by atoms with Gasteiger partial charge in [0.05, 0.1) is 6.54 Å². The third kappa shape index (κ3) is 4.97. The fourth-order valence-corrected chi connectivity index (χ4v) is 2.67. The zero-order chi connectivity index (χ0) is 17.8. The minimum absolute atomic E-state index is 0.103. The summed E-state index contributed by atoms with van der Waals surface area (Å²) in [6, 6.07) is 12.7. The summed E-state index contributed by atoms with van der Waals surface area (Å²) in [6.45, 7) is 2.05. The molecule has 0 aliphatic heterocycles. The van der Waals surface area contributed by atoms with Gasteiger partial charge >= 0.3 is 0 Å². The van der Waals surface area contributed by atoms with E-state index in [1.54, 1.807) is 30.3 Å². The second-order valence-electron chi connectivity index (χ2n) is 6.19. The average molecular weight is 358 g/mol. The highest BCUT2D eigenvalue weighted by molar-refractivity contribution is 6.30. The Morgan fingerprint density at radius 1 is 1.16 bits per heavy atom. The maximum Gasteiger partial charge on any atom is 0.251 e. The molecule has 1 fully saturated rings. The first kappa shape index (κ1) is 17.3. The molecule has 1 aliphatic rings. The van der Waals surface area contributed by atoms with Crippen molar-refractivity contribution in [3.63, 3.8) is 0 Å². The lowest BCUT2D eigenvalue weighted by Gasteiger charge is -2.11. The van der Waals surface area contributed by atoms with Crippen molar-refractivity contribution in [2.45, 2.75) is 25.8 Å². The number of benzene rings is 2. The van der Waals surface area contributed by atoms with E-state index in [9.17, 15) is 9.59 Å². The maximum atomic E-state index is 12.1. The molecule has 2 amide bonds. The van der Waals surface area contributed by atoms with E-state index in [1.165, 1.54) is 0 Å². The third-order valence-electron chi connectivity index (χ3n) is 3.95. The number of anilines is 2. The van der Waals surface area contributed by atoms with E-state index < -0.39 is 0 Å². The molecule has 5 nitrogen and oxygen atoms in total. The van der Waals surface area contributed by atoms with Gasteiger partial charge in [0.15, 0.2) is 0 Å². The average Bonchev–Trinajstić information content (AvgIpc) is 3.38. The van der Waals surface area contributed by atoms with E-state index in [0.29, 0.717) is 22.3 Å². The Balaban J connectivity index is 1.56. The fourth-order valence-electron chi connectivity index (χ4n) is 2.44. The van der Waals surface area contributed by atoms with Crippen molar-refractivity contribution in [2.24, 2.45) is 0 Å². The van der Waals surface area contributed by atoms with Gasteiger partial charge in [0.1, 0.15) is 0 Å². The van der Waals surface area contributed by atoms with Gasteiger partial charge in [-0.1, -0.05) is 17.7 Å². The smallest absolute Gasteiger partial charge is 0.251 e. The van der Waals surface area contributed by atoms with Crippen LogP contribution in [0.4, 0.5) is 11.4 Å². The number of carbonyl (C=O) groups is 2. The summed E-state index contributed by atoms with van der Waals surface area (Å²) >= 11 is 5.92. The van der Waals surface area contributed by atoms with Gasteiger partial charge in [-0.15, -0.1) is 0 Å². The molecule has 2 aromatic rings. The zero-order valence-corrected chi connectivity index (χ0v) is 14.7. The molecule has 2 aromatic carbocycles. The summed E-state index contributed by atoms with van der Waals surface area (Å²) in [5.74, 6) is -0.289. The van der Waals surface area contributed by atoms with Gasteiger partial charge in [0.25, 0.3) is 5.91 Å². The van der Waals surface area contributed by atoms with Gasteiger partial charge in [-0.05, 0) is 61.7 Å². The van der Waals surface area contributed by atoms with Crippen LogP contribution in [0, 0.1) is 6.92 Å². The molecule has 0 saturated heterocycles. The van der Waals surface area contributed by atoms with E-state index in [1.807, 2.05) is 19.1 Å². The Kier molecular flexibility index (Phi) is 5.24. The van der Waals surface area contributed by atoms with Crippen LogP contribution in [0.25, 0.3) is 0 Å².